The van der Waals surface area contributed by atoms with Gasteiger partial charge in [-0.15, -0.1) is 0 Å². The van der Waals surface area contributed by atoms with Gasteiger partial charge in [-0.25, -0.2) is 9.18 Å². The highest BCUT2D eigenvalue weighted by atomic mass is 19.1. The fourth-order valence-electron chi connectivity index (χ4n) is 2.77. The summed E-state index contributed by atoms with van der Waals surface area (Å²) >= 11 is 0. The van der Waals surface area contributed by atoms with Gasteiger partial charge in [-0.05, 0) is 43.4 Å². The van der Waals surface area contributed by atoms with Crippen molar-refractivity contribution in [2.45, 2.75) is 25.7 Å². The van der Waals surface area contributed by atoms with Crippen molar-refractivity contribution in [2.24, 2.45) is 0 Å². The van der Waals surface area contributed by atoms with E-state index in [2.05, 4.69) is 15.0 Å². The highest BCUT2D eigenvalue weighted by molar-refractivity contribution is 5.31. The lowest BCUT2D eigenvalue weighted by atomic mass is 9.89. The number of H-pyrrole nitrogens is 1. The molecule has 0 amide bonds. The Labute approximate surface area is 121 Å². The first-order valence-corrected chi connectivity index (χ1v) is 7.07. The fraction of sp³-hybridized carbons (Fsp3) is 0.400. The molecule has 1 N–H and O–H groups in total. The van der Waals surface area contributed by atoms with Gasteiger partial charge in [0.2, 0.25) is 5.95 Å². The minimum absolute atomic E-state index is 0.205. The van der Waals surface area contributed by atoms with Crippen molar-refractivity contribution in [3.05, 3.63) is 52.0 Å². The summed E-state index contributed by atoms with van der Waals surface area (Å²) in [7, 11) is 0. The van der Waals surface area contributed by atoms with Crippen molar-refractivity contribution in [3.63, 3.8) is 0 Å². The summed E-state index contributed by atoms with van der Waals surface area (Å²) in [6.45, 7) is 3.34. The zero-order chi connectivity index (χ0) is 14.8. The van der Waals surface area contributed by atoms with E-state index in [1.807, 2.05) is 17.0 Å². The number of hydrogen-bond acceptors (Lipinski definition) is 4. The van der Waals surface area contributed by atoms with Gasteiger partial charge in [0.25, 0.3) is 0 Å². The number of aromatic amines is 1. The maximum atomic E-state index is 13.0. The van der Waals surface area contributed by atoms with Crippen LogP contribution in [0.5, 0.6) is 0 Å². The molecule has 2 aromatic rings. The van der Waals surface area contributed by atoms with Crippen molar-refractivity contribution in [1.29, 1.82) is 0 Å². The number of benzene rings is 1. The molecule has 1 fully saturated rings. The molecule has 5 nitrogen and oxygen atoms in total. The summed E-state index contributed by atoms with van der Waals surface area (Å²) in [4.78, 5) is 24.2. The van der Waals surface area contributed by atoms with Gasteiger partial charge in [0.05, 0.1) is 0 Å². The molecular formula is C15H17FN4O. The third kappa shape index (κ3) is 3.09. The Morgan fingerprint density at radius 1 is 1.19 bits per heavy atom. The van der Waals surface area contributed by atoms with Crippen LogP contribution in [0.3, 0.4) is 0 Å². The molecule has 0 bridgehead atoms. The first-order chi connectivity index (χ1) is 10.1. The molecule has 1 aromatic carbocycles. The van der Waals surface area contributed by atoms with E-state index < -0.39 is 0 Å². The molecule has 0 atom stereocenters. The number of nitrogens with zero attached hydrogens (tertiary/aromatic N) is 3. The largest absolute Gasteiger partial charge is 0.349 e. The molecule has 0 saturated carbocycles. The molecule has 6 heteroatoms. The minimum atomic E-state index is -0.363. The normalized spacial score (nSPS) is 16.2. The number of hydrogen-bond donors (Lipinski definition) is 1. The smallest absolute Gasteiger partial charge is 0.341 e. The van der Waals surface area contributed by atoms with Crippen molar-refractivity contribution < 1.29 is 4.39 Å². The van der Waals surface area contributed by atoms with Crippen LogP contribution in [0.1, 0.15) is 30.1 Å². The molecule has 110 valence electrons. The Balaban J connectivity index is 1.70. The number of rotatable bonds is 2. The van der Waals surface area contributed by atoms with Gasteiger partial charge in [0, 0.05) is 13.1 Å². The summed E-state index contributed by atoms with van der Waals surface area (Å²) in [5.74, 6) is 1.29. The van der Waals surface area contributed by atoms with Crippen LogP contribution in [0.4, 0.5) is 10.3 Å². The average molecular weight is 288 g/mol. The van der Waals surface area contributed by atoms with Crippen molar-refractivity contribution in [2.75, 3.05) is 18.0 Å². The second-order valence-corrected chi connectivity index (χ2v) is 5.35. The van der Waals surface area contributed by atoms with Crippen molar-refractivity contribution in [3.8, 4) is 0 Å². The summed E-state index contributed by atoms with van der Waals surface area (Å²) in [6.07, 6.45) is 1.89. The Hall–Kier alpha value is -2.24. The van der Waals surface area contributed by atoms with E-state index in [0.29, 0.717) is 17.7 Å². The summed E-state index contributed by atoms with van der Waals surface area (Å²) < 4.78 is 13.0. The second kappa shape index (κ2) is 5.63. The Kier molecular flexibility index (Phi) is 3.68. The van der Waals surface area contributed by atoms with Crippen molar-refractivity contribution in [1.82, 2.24) is 15.0 Å². The van der Waals surface area contributed by atoms with Crippen LogP contribution in [0.15, 0.2) is 29.1 Å². The fourth-order valence-corrected chi connectivity index (χ4v) is 2.77. The number of halogens is 1. The highest BCUT2D eigenvalue weighted by Crippen LogP contribution is 2.29. The predicted molar refractivity (Wildman–Crippen MR) is 78.0 cm³/mol. The van der Waals surface area contributed by atoms with E-state index in [1.165, 1.54) is 17.7 Å². The van der Waals surface area contributed by atoms with Crippen LogP contribution < -0.4 is 10.6 Å². The number of anilines is 1. The first-order valence-electron chi connectivity index (χ1n) is 7.07. The number of aromatic nitrogens is 3. The first kappa shape index (κ1) is 13.7. The second-order valence-electron chi connectivity index (χ2n) is 5.35. The zero-order valence-electron chi connectivity index (χ0n) is 11.8. The van der Waals surface area contributed by atoms with Crippen LogP contribution in [0, 0.1) is 12.7 Å². The summed E-state index contributed by atoms with van der Waals surface area (Å²) in [6, 6.07) is 6.71. The molecule has 0 spiro atoms. The molecule has 0 aliphatic carbocycles. The van der Waals surface area contributed by atoms with E-state index in [0.717, 1.165) is 25.9 Å². The molecule has 2 heterocycles. The van der Waals surface area contributed by atoms with Gasteiger partial charge in [-0.1, -0.05) is 12.1 Å². The van der Waals surface area contributed by atoms with Gasteiger partial charge < -0.3 is 4.90 Å². The third-order valence-corrected chi connectivity index (χ3v) is 3.88. The maximum Gasteiger partial charge on any atom is 0.349 e. The molecule has 21 heavy (non-hydrogen) atoms. The van der Waals surface area contributed by atoms with Crippen LogP contribution in [-0.2, 0) is 0 Å². The zero-order valence-corrected chi connectivity index (χ0v) is 11.8. The number of nitrogens with one attached hydrogen (secondary N) is 1. The van der Waals surface area contributed by atoms with Gasteiger partial charge in [0.1, 0.15) is 11.6 Å². The molecule has 1 saturated heterocycles. The van der Waals surface area contributed by atoms with E-state index >= 15 is 0 Å². The topological polar surface area (TPSA) is 61.9 Å². The standard InChI is InChI=1S/C15H17FN4O/c1-10-17-14(19-15(21)18-10)20-8-6-12(7-9-20)11-2-4-13(16)5-3-11/h2-5,12H,6-9H2,1H3,(H,17,18,19,21). The van der Waals surface area contributed by atoms with E-state index in [1.54, 1.807) is 6.92 Å². The highest BCUT2D eigenvalue weighted by Gasteiger charge is 2.22. The molecule has 1 aliphatic rings. The van der Waals surface area contributed by atoms with E-state index in [-0.39, 0.29) is 11.5 Å². The molecule has 0 unspecified atom stereocenters. The van der Waals surface area contributed by atoms with Gasteiger partial charge in [-0.3, -0.25) is 4.98 Å². The average Bonchev–Trinajstić information content (AvgIpc) is 2.47. The maximum absolute atomic E-state index is 13.0. The quantitative estimate of drug-likeness (QED) is 0.918. The van der Waals surface area contributed by atoms with Crippen LogP contribution in [0.25, 0.3) is 0 Å². The number of piperidine rings is 1. The van der Waals surface area contributed by atoms with E-state index in [9.17, 15) is 9.18 Å². The Bertz CT molecular complexity index is 675. The lowest BCUT2D eigenvalue weighted by molar-refractivity contribution is 0.497. The molecule has 3 rings (SSSR count). The van der Waals surface area contributed by atoms with Crippen LogP contribution >= 0.6 is 0 Å². The molecule has 0 radical (unpaired) electrons. The minimum Gasteiger partial charge on any atom is -0.341 e. The van der Waals surface area contributed by atoms with Gasteiger partial charge in [-0.2, -0.15) is 9.97 Å². The summed E-state index contributed by atoms with van der Waals surface area (Å²) in [5.41, 5.74) is 0.803. The van der Waals surface area contributed by atoms with Gasteiger partial charge in [0.15, 0.2) is 0 Å². The number of aryl methyl sites for hydroxylation is 1. The predicted octanol–water partition coefficient (Wildman–Crippen LogP) is 2.00. The SMILES string of the molecule is Cc1nc(N2CCC(c3ccc(F)cc3)CC2)nc(=O)[nH]1. The molecule has 1 aliphatic heterocycles. The van der Waals surface area contributed by atoms with Crippen LogP contribution in [-0.4, -0.2) is 28.0 Å². The lowest BCUT2D eigenvalue weighted by Crippen LogP contribution is -2.35. The Morgan fingerprint density at radius 3 is 2.48 bits per heavy atom. The van der Waals surface area contributed by atoms with Crippen LogP contribution in [0.2, 0.25) is 0 Å². The monoisotopic (exact) mass is 288 g/mol. The molecular weight excluding hydrogens is 271 g/mol. The lowest BCUT2D eigenvalue weighted by Gasteiger charge is -2.32. The third-order valence-electron chi connectivity index (χ3n) is 3.88. The molecule has 1 aromatic heterocycles. The van der Waals surface area contributed by atoms with Crippen molar-refractivity contribution >= 4 is 5.95 Å². The summed E-state index contributed by atoms with van der Waals surface area (Å²) in [5, 5.41) is 0. The van der Waals surface area contributed by atoms with E-state index in [4.69, 9.17) is 0 Å². The Morgan fingerprint density at radius 2 is 1.86 bits per heavy atom. The van der Waals surface area contributed by atoms with Gasteiger partial charge >= 0.3 is 5.69 Å².